The van der Waals surface area contributed by atoms with Crippen molar-refractivity contribution < 1.29 is 24.6 Å². The molecule has 0 spiro atoms. The number of fused-ring (bicyclic) bond motifs is 5. The average Bonchev–Trinajstić information content (AvgIpc) is 3.53. The van der Waals surface area contributed by atoms with Gasteiger partial charge in [0.15, 0.2) is 17.3 Å². The van der Waals surface area contributed by atoms with Gasteiger partial charge >= 0.3 is 0 Å². The van der Waals surface area contributed by atoms with Crippen molar-refractivity contribution in [1.29, 1.82) is 0 Å². The monoisotopic (exact) mass is 826 g/mol. The largest absolute Gasteiger partial charge is 0.505 e. The highest BCUT2D eigenvalue weighted by Crippen LogP contribution is 2.44. The highest BCUT2D eigenvalue weighted by molar-refractivity contribution is 6.34. The molecule has 0 heterocycles. The van der Waals surface area contributed by atoms with Crippen LogP contribution in [0.3, 0.4) is 0 Å². The number of para-hydroxylation sites is 2. The number of phenols is 2. The Morgan fingerprint density at radius 3 is 1.30 bits per heavy atom. The third-order valence-electron chi connectivity index (χ3n) is 10.0. The van der Waals surface area contributed by atoms with Gasteiger partial charge in [-0.05, 0) is 82.6 Å². The normalized spacial score (nSPS) is 12.0. The van der Waals surface area contributed by atoms with Crippen LogP contribution in [0.2, 0.25) is 10.0 Å². The average molecular weight is 828 g/mol. The van der Waals surface area contributed by atoms with E-state index in [2.05, 4.69) is 31.1 Å². The first-order valence-electron chi connectivity index (χ1n) is 18.4. The zero-order chi connectivity index (χ0) is 41.5. The molecule has 0 fully saturated rings. The Balaban J connectivity index is 0.996. The van der Waals surface area contributed by atoms with Crippen molar-refractivity contribution in [3.63, 3.8) is 0 Å². The number of ketones is 1. The SMILES string of the molecule is O=C1c2cc(N=Nc3c(O)c(C(=O)Nc4ccccc4Cl)cc4ccccc34)ccc2-c2ccc(N=Nc3c(O)c(C(=O)Nc4ccccc4Cl)cc4ccccc34)cc21. The summed E-state index contributed by atoms with van der Waals surface area (Å²) in [5.41, 5.74) is 3.69. The predicted molar refractivity (Wildman–Crippen MR) is 234 cm³/mol. The van der Waals surface area contributed by atoms with Crippen LogP contribution in [0, 0.1) is 0 Å². The van der Waals surface area contributed by atoms with Crippen LogP contribution in [-0.2, 0) is 0 Å². The topological polar surface area (TPSA) is 165 Å². The summed E-state index contributed by atoms with van der Waals surface area (Å²) < 4.78 is 0. The first-order valence-corrected chi connectivity index (χ1v) is 19.2. The van der Waals surface area contributed by atoms with E-state index in [0.717, 1.165) is 0 Å². The van der Waals surface area contributed by atoms with Crippen LogP contribution in [0.25, 0.3) is 32.7 Å². The van der Waals surface area contributed by atoms with E-state index in [9.17, 15) is 24.6 Å². The van der Waals surface area contributed by atoms with Crippen molar-refractivity contribution >= 4 is 96.5 Å². The predicted octanol–water partition coefficient (Wildman–Crippen LogP) is 13.3. The van der Waals surface area contributed by atoms with Gasteiger partial charge in [-0.3, -0.25) is 14.4 Å². The number of hydrogen-bond donors (Lipinski definition) is 4. The highest BCUT2D eigenvalue weighted by atomic mass is 35.5. The zero-order valence-electron chi connectivity index (χ0n) is 31.0. The number of hydrogen-bond acceptors (Lipinski definition) is 9. The molecule has 0 bridgehead atoms. The summed E-state index contributed by atoms with van der Waals surface area (Å²) in [4.78, 5) is 40.6. The molecule has 0 saturated carbocycles. The highest BCUT2D eigenvalue weighted by Gasteiger charge is 2.28. The molecule has 1 aliphatic rings. The second-order valence-corrected chi connectivity index (χ2v) is 14.6. The lowest BCUT2D eigenvalue weighted by atomic mass is 10.0. The smallest absolute Gasteiger partial charge is 0.259 e. The van der Waals surface area contributed by atoms with Gasteiger partial charge in [0.05, 0.1) is 43.9 Å². The Kier molecular flexibility index (Phi) is 9.81. The maximum Gasteiger partial charge on any atom is 0.259 e. The number of azo groups is 2. The van der Waals surface area contributed by atoms with Gasteiger partial charge in [0.25, 0.3) is 11.8 Å². The van der Waals surface area contributed by atoms with Crippen LogP contribution in [0.5, 0.6) is 11.5 Å². The molecule has 290 valence electrons. The number of amides is 2. The van der Waals surface area contributed by atoms with Gasteiger partial charge < -0.3 is 20.8 Å². The molecule has 0 atom stereocenters. The quantitative estimate of drug-likeness (QED) is 0.112. The van der Waals surface area contributed by atoms with Crippen LogP contribution in [-0.4, -0.2) is 27.8 Å². The van der Waals surface area contributed by atoms with Gasteiger partial charge in [-0.25, -0.2) is 0 Å². The van der Waals surface area contributed by atoms with Crippen molar-refractivity contribution in [1.82, 2.24) is 0 Å². The molecule has 0 radical (unpaired) electrons. The van der Waals surface area contributed by atoms with Crippen LogP contribution >= 0.6 is 23.2 Å². The summed E-state index contributed by atoms with van der Waals surface area (Å²) in [5.74, 6) is -2.19. The lowest BCUT2D eigenvalue weighted by Crippen LogP contribution is -2.12. The van der Waals surface area contributed by atoms with Crippen molar-refractivity contribution in [2.75, 3.05) is 10.6 Å². The van der Waals surface area contributed by atoms with E-state index in [1.807, 2.05) is 0 Å². The molecule has 1 aliphatic carbocycles. The standard InChI is InChI=1S/C47H28Cl2N6O5/c48-37-13-5-7-15-39(37)50-46(59)35-21-25-9-1-3-11-29(25)41(44(35)57)54-52-27-17-19-31-32-20-18-28(24-34(32)43(56)33(31)23-27)53-55-42-30-12-4-2-10-26(30)22-36(45(42)58)47(60)51-40-16-8-6-14-38(40)49/h1-24,57-58H,(H,50,59)(H,51,60). The fraction of sp³-hybridized carbons (Fsp3) is 0. The lowest BCUT2D eigenvalue weighted by Gasteiger charge is -2.12. The van der Waals surface area contributed by atoms with E-state index in [1.54, 1.807) is 146 Å². The molecule has 0 aliphatic heterocycles. The minimum Gasteiger partial charge on any atom is -0.505 e. The summed E-state index contributed by atoms with van der Waals surface area (Å²) in [7, 11) is 0. The molecule has 0 aromatic heterocycles. The summed E-state index contributed by atoms with van der Waals surface area (Å²) in [6.07, 6.45) is 0. The molecule has 13 heteroatoms. The first-order chi connectivity index (χ1) is 29.1. The number of phenolic OH excluding ortho intramolecular Hbond substituents is 2. The number of benzene rings is 8. The van der Waals surface area contributed by atoms with E-state index in [4.69, 9.17) is 23.2 Å². The van der Waals surface area contributed by atoms with Gasteiger partial charge in [-0.1, -0.05) is 108 Å². The molecule has 4 N–H and O–H groups in total. The second kappa shape index (κ2) is 15.6. The maximum atomic E-state index is 13.9. The van der Waals surface area contributed by atoms with E-state index in [1.165, 1.54) is 0 Å². The summed E-state index contributed by atoms with van der Waals surface area (Å²) in [5, 5.41) is 48.8. The Hall–Kier alpha value is -7.73. The summed E-state index contributed by atoms with van der Waals surface area (Å²) >= 11 is 12.5. The molecular weight excluding hydrogens is 799 g/mol. The minimum absolute atomic E-state index is 0.0230. The summed E-state index contributed by atoms with van der Waals surface area (Å²) in [6.45, 7) is 0. The number of carbonyl (C=O) groups is 3. The Labute approximate surface area is 351 Å². The first kappa shape index (κ1) is 37.8. The van der Waals surface area contributed by atoms with E-state index >= 15 is 0 Å². The van der Waals surface area contributed by atoms with Gasteiger partial charge in [0.1, 0.15) is 11.4 Å². The lowest BCUT2D eigenvalue weighted by molar-refractivity contribution is 0.101. The van der Waals surface area contributed by atoms with E-state index in [-0.39, 0.29) is 39.8 Å². The third kappa shape index (κ3) is 6.98. The molecule has 11 nitrogen and oxygen atoms in total. The number of halogens is 2. The Bertz CT molecular complexity index is 2970. The molecule has 8 aromatic carbocycles. The number of anilines is 2. The minimum atomic E-state index is -0.585. The fourth-order valence-corrected chi connectivity index (χ4v) is 7.45. The number of aromatic hydroxyl groups is 2. The summed E-state index contributed by atoms with van der Waals surface area (Å²) in [6, 6.07) is 41.1. The van der Waals surface area contributed by atoms with Crippen molar-refractivity contribution in [3.8, 4) is 22.6 Å². The molecule has 60 heavy (non-hydrogen) atoms. The number of rotatable bonds is 8. The molecule has 0 unspecified atom stereocenters. The van der Waals surface area contributed by atoms with Crippen molar-refractivity contribution in [3.05, 3.63) is 178 Å². The zero-order valence-corrected chi connectivity index (χ0v) is 32.5. The van der Waals surface area contributed by atoms with E-state index < -0.39 is 11.8 Å². The maximum absolute atomic E-state index is 13.9. The Morgan fingerprint density at radius 1 is 0.467 bits per heavy atom. The Morgan fingerprint density at radius 2 is 0.867 bits per heavy atom. The van der Waals surface area contributed by atoms with Gasteiger partial charge in [-0.2, -0.15) is 10.2 Å². The number of nitrogens with zero attached hydrogens (tertiary/aromatic N) is 4. The van der Waals surface area contributed by atoms with E-state index in [0.29, 0.717) is 76.6 Å². The number of carbonyl (C=O) groups excluding carboxylic acids is 3. The molecule has 0 saturated heterocycles. The molecule has 9 rings (SSSR count). The van der Waals surface area contributed by atoms with Crippen LogP contribution in [0.15, 0.2) is 166 Å². The van der Waals surface area contributed by atoms with Gasteiger partial charge in [0.2, 0.25) is 0 Å². The van der Waals surface area contributed by atoms with Crippen molar-refractivity contribution in [2.45, 2.75) is 0 Å². The van der Waals surface area contributed by atoms with Crippen LogP contribution in [0.4, 0.5) is 34.1 Å². The van der Waals surface area contributed by atoms with Crippen molar-refractivity contribution in [2.24, 2.45) is 20.5 Å². The number of nitrogens with one attached hydrogen (secondary N) is 2. The van der Waals surface area contributed by atoms with Gasteiger partial charge in [0, 0.05) is 21.9 Å². The fourth-order valence-electron chi connectivity index (χ4n) is 7.08. The van der Waals surface area contributed by atoms with Gasteiger partial charge in [-0.15, -0.1) is 10.2 Å². The molecule has 8 aromatic rings. The molecule has 2 amide bonds. The van der Waals surface area contributed by atoms with Crippen LogP contribution < -0.4 is 10.6 Å². The van der Waals surface area contributed by atoms with Crippen LogP contribution in [0.1, 0.15) is 36.6 Å². The third-order valence-corrected chi connectivity index (χ3v) is 10.7. The second-order valence-electron chi connectivity index (χ2n) is 13.7. The molecular formula is C47H28Cl2N6O5.